The van der Waals surface area contributed by atoms with Crippen molar-refractivity contribution in [3.05, 3.63) is 71.8 Å². The SMILES string of the molecule is CC[C@H]1CN(C(c2ccccc2)c2ccccc2)CCN1C(C)C. The van der Waals surface area contributed by atoms with E-state index in [9.17, 15) is 0 Å². The number of hydrogen-bond donors (Lipinski definition) is 0. The molecule has 1 atom stereocenters. The molecule has 0 saturated carbocycles. The molecule has 1 fully saturated rings. The molecule has 2 aromatic rings. The van der Waals surface area contributed by atoms with E-state index in [1.54, 1.807) is 0 Å². The monoisotopic (exact) mass is 322 g/mol. The van der Waals surface area contributed by atoms with Crippen LogP contribution >= 0.6 is 0 Å². The molecular weight excluding hydrogens is 292 g/mol. The van der Waals surface area contributed by atoms with Gasteiger partial charge >= 0.3 is 0 Å². The van der Waals surface area contributed by atoms with Gasteiger partial charge in [-0.2, -0.15) is 0 Å². The maximum atomic E-state index is 2.68. The summed E-state index contributed by atoms with van der Waals surface area (Å²) in [6.45, 7) is 10.4. The van der Waals surface area contributed by atoms with Crippen LogP contribution in [0.2, 0.25) is 0 Å². The van der Waals surface area contributed by atoms with Gasteiger partial charge in [0, 0.05) is 31.7 Å². The Labute approximate surface area is 147 Å². The smallest absolute Gasteiger partial charge is 0.0602 e. The van der Waals surface area contributed by atoms with Crippen LogP contribution in [-0.2, 0) is 0 Å². The van der Waals surface area contributed by atoms with Gasteiger partial charge in [0.25, 0.3) is 0 Å². The summed E-state index contributed by atoms with van der Waals surface area (Å²) < 4.78 is 0. The van der Waals surface area contributed by atoms with Crippen LogP contribution in [0, 0.1) is 0 Å². The van der Waals surface area contributed by atoms with Crippen LogP contribution in [0.3, 0.4) is 0 Å². The predicted molar refractivity (Wildman–Crippen MR) is 102 cm³/mol. The lowest BCUT2D eigenvalue weighted by atomic mass is 9.95. The molecule has 1 aliphatic heterocycles. The zero-order valence-electron chi connectivity index (χ0n) is 15.2. The second kappa shape index (κ2) is 7.96. The van der Waals surface area contributed by atoms with Gasteiger partial charge < -0.3 is 0 Å². The van der Waals surface area contributed by atoms with Crippen molar-refractivity contribution < 1.29 is 0 Å². The van der Waals surface area contributed by atoms with E-state index in [-0.39, 0.29) is 0 Å². The number of hydrogen-bond acceptors (Lipinski definition) is 2. The molecular formula is C22H30N2. The topological polar surface area (TPSA) is 6.48 Å². The van der Waals surface area contributed by atoms with Crippen molar-refractivity contribution in [2.75, 3.05) is 19.6 Å². The highest BCUT2D eigenvalue weighted by atomic mass is 15.3. The molecule has 0 unspecified atom stereocenters. The number of piperazine rings is 1. The minimum Gasteiger partial charge on any atom is -0.295 e. The zero-order chi connectivity index (χ0) is 16.9. The van der Waals surface area contributed by atoms with E-state index in [1.807, 2.05) is 0 Å². The largest absolute Gasteiger partial charge is 0.295 e. The Bertz CT molecular complexity index is 569. The van der Waals surface area contributed by atoms with E-state index >= 15 is 0 Å². The highest BCUT2D eigenvalue weighted by molar-refractivity contribution is 5.32. The Morgan fingerprint density at radius 1 is 0.875 bits per heavy atom. The van der Waals surface area contributed by atoms with Gasteiger partial charge in [-0.15, -0.1) is 0 Å². The second-order valence-electron chi connectivity index (χ2n) is 7.11. The lowest BCUT2D eigenvalue weighted by Gasteiger charge is -2.46. The van der Waals surface area contributed by atoms with Crippen molar-refractivity contribution in [3.8, 4) is 0 Å². The van der Waals surface area contributed by atoms with E-state index in [2.05, 4.69) is 91.2 Å². The molecule has 0 amide bonds. The molecule has 2 aromatic carbocycles. The molecule has 0 radical (unpaired) electrons. The Hall–Kier alpha value is -1.64. The van der Waals surface area contributed by atoms with Crippen molar-refractivity contribution >= 4 is 0 Å². The third-order valence-corrected chi connectivity index (χ3v) is 5.29. The fraction of sp³-hybridized carbons (Fsp3) is 0.455. The first kappa shape index (κ1) is 17.2. The fourth-order valence-electron chi connectivity index (χ4n) is 4.06. The van der Waals surface area contributed by atoms with Crippen molar-refractivity contribution in [2.45, 2.75) is 45.3 Å². The quantitative estimate of drug-likeness (QED) is 0.795. The molecule has 0 bridgehead atoms. The average Bonchev–Trinajstić information content (AvgIpc) is 2.63. The lowest BCUT2D eigenvalue weighted by Crippen LogP contribution is -2.55. The van der Waals surface area contributed by atoms with Crippen LogP contribution in [0.4, 0.5) is 0 Å². The maximum absolute atomic E-state index is 2.68. The summed E-state index contributed by atoms with van der Waals surface area (Å²) in [5.41, 5.74) is 2.80. The molecule has 1 aliphatic rings. The van der Waals surface area contributed by atoms with Gasteiger partial charge in [-0.25, -0.2) is 0 Å². The number of benzene rings is 2. The first-order chi connectivity index (χ1) is 11.7. The average molecular weight is 322 g/mol. The molecule has 0 N–H and O–H groups in total. The van der Waals surface area contributed by atoms with Crippen LogP contribution in [0.1, 0.15) is 44.4 Å². The van der Waals surface area contributed by atoms with Crippen LogP contribution < -0.4 is 0 Å². The van der Waals surface area contributed by atoms with Crippen LogP contribution in [-0.4, -0.2) is 41.5 Å². The van der Waals surface area contributed by atoms with E-state index in [1.165, 1.54) is 17.5 Å². The van der Waals surface area contributed by atoms with Gasteiger partial charge in [-0.1, -0.05) is 67.6 Å². The van der Waals surface area contributed by atoms with E-state index in [4.69, 9.17) is 0 Å². The summed E-state index contributed by atoms with van der Waals surface area (Å²) in [5, 5.41) is 0. The highest BCUT2D eigenvalue weighted by Crippen LogP contribution is 2.31. The third kappa shape index (κ3) is 3.71. The Morgan fingerprint density at radius 2 is 1.42 bits per heavy atom. The molecule has 3 rings (SSSR count). The number of rotatable bonds is 5. The van der Waals surface area contributed by atoms with E-state index in [0.29, 0.717) is 18.1 Å². The standard InChI is InChI=1S/C22H30N2/c1-4-21-17-23(15-16-24(21)18(2)3)22(19-11-7-5-8-12-19)20-13-9-6-10-14-20/h5-14,18,21-22H,4,15-17H2,1-3H3/t21-/m0/s1. The highest BCUT2D eigenvalue weighted by Gasteiger charge is 2.32. The third-order valence-electron chi connectivity index (χ3n) is 5.29. The molecule has 0 aliphatic carbocycles. The Morgan fingerprint density at radius 3 is 1.88 bits per heavy atom. The minimum absolute atomic E-state index is 0.357. The van der Waals surface area contributed by atoms with Gasteiger partial charge in [0.15, 0.2) is 0 Å². The summed E-state index contributed by atoms with van der Waals surface area (Å²) in [5.74, 6) is 0. The molecule has 0 aromatic heterocycles. The number of nitrogens with zero attached hydrogens (tertiary/aromatic N) is 2. The normalized spacial score (nSPS) is 20.0. The Kier molecular flexibility index (Phi) is 5.70. The van der Waals surface area contributed by atoms with Gasteiger partial charge in [0.05, 0.1) is 6.04 Å². The molecule has 128 valence electrons. The molecule has 2 nitrogen and oxygen atoms in total. The van der Waals surface area contributed by atoms with Gasteiger partial charge in [0.2, 0.25) is 0 Å². The molecule has 2 heteroatoms. The zero-order valence-corrected chi connectivity index (χ0v) is 15.2. The summed E-state index contributed by atoms with van der Waals surface area (Å²) in [4.78, 5) is 5.35. The van der Waals surface area contributed by atoms with Gasteiger partial charge in [-0.3, -0.25) is 9.80 Å². The molecule has 1 heterocycles. The van der Waals surface area contributed by atoms with Crippen molar-refractivity contribution in [1.29, 1.82) is 0 Å². The maximum Gasteiger partial charge on any atom is 0.0602 e. The lowest BCUT2D eigenvalue weighted by molar-refractivity contribution is 0.0350. The summed E-state index contributed by atoms with van der Waals surface area (Å²) in [6, 6.07) is 23.6. The molecule has 0 spiro atoms. The molecule has 24 heavy (non-hydrogen) atoms. The second-order valence-corrected chi connectivity index (χ2v) is 7.11. The summed E-state index contributed by atoms with van der Waals surface area (Å²) in [7, 11) is 0. The fourth-order valence-corrected chi connectivity index (χ4v) is 4.06. The van der Waals surface area contributed by atoms with Crippen LogP contribution in [0.5, 0.6) is 0 Å². The van der Waals surface area contributed by atoms with E-state index in [0.717, 1.165) is 19.6 Å². The van der Waals surface area contributed by atoms with Gasteiger partial charge in [-0.05, 0) is 31.4 Å². The first-order valence-electron chi connectivity index (χ1n) is 9.30. The summed E-state index contributed by atoms with van der Waals surface area (Å²) >= 11 is 0. The van der Waals surface area contributed by atoms with E-state index < -0.39 is 0 Å². The van der Waals surface area contributed by atoms with Crippen molar-refractivity contribution in [3.63, 3.8) is 0 Å². The molecule has 1 saturated heterocycles. The van der Waals surface area contributed by atoms with Crippen molar-refractivity contribution in [1.82, 2.24) is 9.80 Å². The van der Waals surface area contributed by atoms with Crippen LogP contribution in [0.25, 0.3) is 0 Å². The van der Waals surface area contributed by atoms with Gasteiger partial charge in [0.1, 0.15) is 0 Å². The Balaban J connectivity index is 1.90. The summed E-state index contributed by atoms with van der Waals surface area (Å²) in [6.07, 6.45) is 1.21. The van der Waals surface area contributed by atoms with Crippen LogP contribution in [0.15, 0.2) is 60.7 Å². The first-order valence-corrected chi connectivity index (χ1v) is 9.30. The minimum atomic E-state index is 0.357. The van der Waals surface area contributed by atoms with Crippen molar-refractivity contribution in [2.24, 2.45) is 0 Å². The predicted octanol–water partition coefficient (Wildman–Crippen LogP) is 4.58.